The van der Waals surface area contributed by atoms with Gasteiger partial charge in [-0.15, -0.1) is 11.8 Å². The topological polar surface area (TPSA) is 26.0 Å². The fourth-order valence-corrected chi connectivity index (χ4v) is 4.32. The molecule has 0 saturated heterocycles. The number of nitrogens with two attached hydrogens (primary N) is 1. The van der Waals surface area contributed by atoms with Gasteiger partial charge in [0.2, 0.25) is 0 Å². The minimum Gasteiger partial charge on any atom is -0.330 e. The molecular formula is C18H21NS. The summed E-state index contributed by atoms with van der Waals surface area (Å²) in [5.74, 6) is 0.474. The lowest BCUT2D eigenvalue weighted by molar-refractivity contribution is 0.614. The highest BCUT2D eigenvalue weighted by molar-refractivity contribution is 8.00. The Labute approximate surface area is 125 Å². The van der Waals surface area contributed by atoms with E-state index in [9.17, 15) is 0 Å². The largest absolute Gasteiger partial charge is 0.330 e. The second kappa shape index (κ2) is 6.02. The van der Waals surface area contributed by atoms with Crippen LogP contribution < -0.4 is 5.73 Å². The van der Waals surface area contributed by atoms with Gasteiger partial charge in [-0.3, -0.25) is 0 Å². The van der Waals surface area contributed by atoms with Gasteiger partial charge in [0.1, 0.15) is 0 Å². The van der Waals surface area contributed by atoms with E-state index in [0.29, 0.717) is 11.2 Å². The van der Waals surface area contributed by atoms with E-state index >= 15 is 0 Å². The quantitative estimate of drug-likeness (QED) is 0.912. The Morgan fingerprint density at radius 1 is 1.15 bits per heavy atom. The van der Waals surface area contributed by atoms with Gasteiger partial charge in [0.25, 0.3) is 0 Å². The molecule has 104 valence electrons. The van der Waals surface area contributed by atoms with Gasteiger partial charge in [-0.05, 0) is 49.4 Å². The average molecular weight is 283 g/mol. The molecule has 20 heavy (non-hydrogen) atoms. The van der Waals surface area contributed by atoms with Crippen LogP contribution in [0, 0.1) is 6.92 Å². The van der Waals surface area contributed by atoms with Crippen LogP contribution in [0.15, 0.2) is 53.4 Å². The highest BCUT2D eigenvalue weighted by atomic mass is 32.2. The zero-order chi connectivity index (χ0) is 13.9. The van der Waals surface area contributed by atoms with Crippen molar-refractivity contribution >= 4 is 11.8 Å². The lowest BCUT2D eigenvalue weighted by atomic mass is 9.92. The smallest absolute Gasteiger partial charge is 0.0142 e. The first kappa shape index (κ1) is 13.7. The van der Waals surface area contributed by atoms with Crippen molar-refractivity contribution in [3.8, 4) is 0 Å². The van der Waals surface area contributed by atoms with Crippen LogP contribution in [0.25, 0.3) is 0 Å². The molecule has 1 aliphatic heterocycles. The Morgan fingerprint density at radius 3 is 2.60 bits per heavy atom. The Hall–Kier alpha value is -1.25. The van der Waals surface area contributed by atoms with Gasteiger partial charge >= 0.3 is 0 Å². The van der Waals surface area contributed by atoms with Gasteiger partial charge in [-0.1, -0.05) is 48.0 Å². The van der Waals surface area contributed by atoms with Crippen LogP contribution in [0.5, 0.6) is 0 Å². The second-order valence-electron chi connectivity index (χ2n) is 5.63. The molecule has 1 nitrogen and oxygen atoms in total. The lowest BCUT2D eigenvalue weighted by Gasteiger charge is -2.19. The molecule has 2 aromatic carbocycles. The number of hydrogen-bond acceptors (Lipinski definition) is 2. The first-order chi connectivity index (χ1) is 9.76. The standard InChI is InChI=1S/C18H21NS/c1-13-6-8-14(9-7-13)16(12-19)11-17-10-15-4-2-3-5-18(15)20-17/h2-9,16-17H,10-12,19H2,1H3. The van der Waals surface area contributed by atoms with Crippen LogP contribution in [0.1, 0.15) is 29.0 Å². The summed E-state index contributed by atoms with van der Waals surface area (Å²) in [6, 6.07) is 17.6. The van der Waals surface area contributed by atoms with Crippen molar-refractivity contribution in [1.82, 2.24) is 0 Å². The number of aryl methyl sites for hydroxylation is 1. The van der Waals surface area contributed by atoms with Crippen molar-refractivity contribution in [1.29, 1.82) is 0 Å². The Morgan fingerprint density at radius 2 is 1.90 bits per heavy atom. The van der Waals surface area contributed by atoms with E-state index in [1.165, 1.54) is 34.4 Å². The third-order valence-electron chi connectivity index (χ3n) is 4.09. The van der Waals surface area contributed by atoms with Crippen molar-refractivity contribution in [2.45, 2.75) is 35.8 Å². The molecule has 0 saturated carbocycles. The number of fused-ring (bicyclic) bond motifs is 1. The monoisotopic (exact) mass is 283 g/mol. The normalized spacial score (nSPS) is 18.8. The molecule has 2 atom stereocenters. The highest BCUT2D eigenvalue weighted by Crippen LogP contribution is 2.40. The van der Waals surface area contributed by atoms with E-state index in [-0.39, 0.29) is 0 Å². The zero-order valence-corrected chi connectivity index (χ0v) is 12.7. The molecule has 3 rings (SSSR count). The van der Waals surface area contributed by atoms with E-state index in [2.05, 4.69) is 55.5 Å². The maximum absolute atomic E-state index is 6.02. The van der Waals surface area contributed by atoms with Gasteiger partial charge in [0.15, 0.2) is 0 Å². The summed E-state index contributed by atoms with van der Waals surface area (Å²) < 4.78 is 0. The average Bonchev–Trinajstić information content (AvgIpc) is 2.88. The molecule has 1 aliphatic rings. The first-order valence-electron chi connectivity index (χ1n) is 7.27. The SMILES string of the molecule is Cc1ccc(C(CN)CC2Cc3ccccc3S2)cc1. The molecule has 0 spiro atoms. The molecule has 2 aromatic rings. The van der Waals surface area contributed by atoms with Crippen molar-refractivity contribution in [2.75, 3.05) is 6.54 Å². The second-order valence-corrected chi connectivity index (χ2v) is 6.97. The number of benzene rings is 2. The summed E-state index contributed by atoms with van der Waals surface area (Å²) in [7, 11) is 0. The van der Waals surface area contributed by atoms with Gasteiger partial charge in [0, 0.05) is 10.1 Å². The van der Waals surface area contributed by atoms with Crippen LogP contribution in [-0.2, 0) is 6.42 Å². The van der Waals surface area contributed by atoms with Crippen molar-refractivity contribution in [3.05, 3.63) is 65.2 Å². The molecule has 2 heteroatoms. The number of rotatable bonds is 4. The molecule has 1 heterocycles. The number of hydrogen-bond donors (Lipinski definition) is 1. The summed E-state index contributed by atoms with van der Waals surface area (Å²) in [6.07, 6.45) is 2.35. The fourth-order valence-electron chi connectivity index (χ4n) is 2.91. The third kappa shape index (κ3) is 2.92. The molecule has 0 radical (unpaired) electrons. The molecule has 0 aliphatic carbocycles. The van der Waals surface area contributed by atoms with Crippen LogP contribution in [-0.4, -0.2) is 11.8 Å². The maximum atomic E-state index is 6.02. The molecule has 0 amide bonds. The zero-order valence-electron chi connectivity index (χ0n) is 11.9. The van der Waals surface area contributed by atoms with E-state index in [1.807, 2.05) is 11.8 Å². The van der Waals surface area contributed by atoms with Gasteiger partial charge < -0.3 is 5.73 Å². The van der Waals surface area contributed by atoms with Crippen molar-refractivity contribution < 1.29 is 0 Å². The van der Waals surface area contributed by atoms with E-state index in [0.717, 1.165) is 6.54 Å². The van der Waals surface area contributed by atoms with Crippen molar-refractivity contribution in [3.63, 3.8) is 0 Å². The molecule has 2 unspecified atom stereocenters. The Balaban J connectivity index is 1.69. The van der Waals surface area contributed by atoms with Crippen LogP contribution in [0.3, 0.4) is 0 Å². The van der Waals surface area contributed by atoms with E-state index < -0.39 is 0 Å². The molecule has 0 aromatic heterocycles. The summed E-state index contributed by atoms with van der Waals surface area (Å²) in [5.41, 5.74) is 10.2. The summed E-state index contributed by atoms with van der Waals surface area (Å²) in [6.45, 7) is 2.86. The van der Waals surface area contributed by atoms with Gasteiger partial charge in [0.05, 0.1) is 0 Å². The van der Waals surface area contributed by atoms with Crippen LogP contribution >= 0.6 is 11.8 Å². The molecular weight excluding hydrogens is 262 g/mol. The maximum Gasteiger partial charge on any atom is 0.0142 e. The Kier molecular flexibility index (Phi) is 4.13. The van der Waals surface area contributed by atoms with Gasteiger partial charge in [-0.2, -0.15) is 0 Å². The molecule has 0 fully saturated rings. The predicted molar refractivity (Wildman–Crippen MR) is 87.4 cm³/mol. The minimum atomic E-state index is 0.474. The number of thioether (sulfide) groups is 1. The third-order valence-corrected chi connectivity index (χ3v) is 5.44. The van der Waals surface area contributed by atoms with Gasteiger partial charge in [-0.25, -0.2) is 0 Å². The molecule has 2 N–H and O–H groups in total. The minimum absolute atomic E-state index is 0.474. The Bertz CT molecular complexity index is 551. The van der Waals surface area contributed by atoms with E-state index in [4.69, 9.17) is 5.73 Å². The first-order valence-corrected chi connectivity index (χ1v) is 8.15. The fraction of sp³-hybridized carbons (Fsp3) is 0.333. The van der Waals surface area contributed by atoms with Crippen LogP contribution in [0.2, 0.25) is 0 Å². The lowest BCUT2D eigenvalue weighted by Crippen LogP contribution is -2.17. The predicted octanol–water partition coefficient (Wildman–Crippen LogP) is 4.14. The highest BCUT2D eigenvalue weighted by Gasteiger charge is 2.25. The summed E-state index contributed by atoms with van der Waals surface area (Å²) in [4.78, 5) is 1.46. The van der Waals surface area contributed by atoms with Crippen molar-refractivity contribution in [2.24, 2.45) is 5.73 Å². The summed E-state index contributed by atoms with van der Waals surface area (Å²) >= 11 is 2.02. The molecule has 0 bridgehead atoms. The van der Waals surface area contributed by atoms with E-state index in [1.54, 1.807) is 0 Å². The summed E-state index contributed by atoms with van der Waals surface area (Å²) in [5, 5.41) is 0.669. The van der Waals surface area contributed by atoms with Crippen LogP contribution in [0.4, 0.5) is 0 Å².